The summed E-state index contributed by atoms with van der Waals surface area (Å²) in [5.41, 5.74) is 1.34. The van der Waals surface area contributed by atoms with E-state index in [1.54, 1.807) is 48.7 Å². The van der Waals surface area contributed by atoms with Gasteiger partial charge in [-0.05, 0) is 112 Å². The molecule has 5 rings (SSSR count). The summed E-state index contributed by atoms with van der Waals surface area (Å²) in [7, 11) is 0. The lowest BCUT2D eigenvalue weighted by molar-refractivity contribution is -0.145. The first-order chi connectivity index (χ1) is 26.7. The highest BCUT2D eigenvalue weighted by molar-refractivity contribution is 7.22. The van der Waals surface area contributed by atoms with Crippen LogP contribution in [0.5, 0.6) is 23.0 Å². The van der Waals surface area contributed by atoms with Gasteiger partial charge in [0.2, 0.25) is 5.13 Å². The molecule has 0 bridgehead atoms. The van der Waals surface area contributed by atoms with Gasteiger partial charge in [-0.2, -0.15) is 5.10 Å². The van der Waals surface area contributed by atoms with Gasteiger partial charge in [0.25, 0.3) is 6.47 Å². The Balaban J connectivity index is 1.10. The number of nitrogens with zero attached hydrogens (tertiary/aromatic N) is 3. The van der Waals surface area contributed by atoms with E-state index < -0.39 is 17.9 Å². The quantitative estimate of drug-likeness (QED) is 0.0163. The molecule has 0 N–H and O–H groups in total. The molecule has 290 valence electrons. The van der Waals surface area contributed by atoms with Crippen LogP contribution in [0.25, 0.3) is 10.2 Å². The molecule has 13 heteroatoms. The molecule has 0 unspecified atom stereocenters. The van der Waals surface area contributed by atoms with Crippen LogP contribution in [-0.4, -0.2) is 55.3 Å². The summed E-state index contributed by atoms with van der Waals surface area (Å²) < 4.78 is 28.4. The first-order valence-electron chi connectivity index (χ1n) is 18.6. The zero-order chi connectivity index (χ0) is 39.0. The van der Waals surface area contributed by atoms with Gasteiger partial charge < -0.3 is 23.7 Å². The van der Waals surface area contributed by atoms with Gasteiger partial charge in [0.05, 0.1) is 41.5 Å². The summed E-state index contributed by atoms with van der Waals surface area (Å²) in [6, 6.07) is 19.6. The second-order valence-corrected chi connectivity index (χ2v) is 14.6. The Hall–Kier alpha value is -5.56. The number of hydrogen-bond acceptors (Lipinski definition) is 13. The Morgan fingerprint density at radius 3 is 2.20 bits per heavy atom. The highest BCUT2D eigenvalue weighted by atomic mass is 32.1. The topological polar surface area (TPSA) is 143 Å². The first kappa shape index (κ1) is 40.6. The fourth-order valence-corrected chi connectivity index (χ4v) is 6.94. The molecule has 1 saturated carbocycles. The normalized spacial score (nSPS) is 15.4. The number of anilines is 1. The lowest BCUT2D eigenvalue weighted by Crippen LogP contribution is -2.30. The van der Waals surface area contributed by atoms with Gasteiger partial charge in [-0.3, -0.25) is 14.4 Å². The number of benzene rings is 3. The summed E-state index contributed by atoms with van der Waals surface area (Å²) >= 11 is 1.53. The van der Waals surface area contributed by atoms with Gasteiger partial charge in [-0.15, -0.1) is 0 Å². The number of rotatable bonds is 20. The van der Waals surface area contributed by atoms with Gasteiger partial charge >= 0.3 is 17.9 Å². The van der Waals surface area contributed by atoms with Crippen molar-refractivity contribution in [1.82, 2.24) is 4.98 Å². The molecule has 0 radical (unpaired) electrons. The summed E-state index contributed by atoms with van der Waals surface area (Å²) in [6.45, 7) is 9.43. The van der Waals surface area contributed by atoms with E-state index in [1.807, 2.05) is 29.3 Å². The van der Waals surface area contributed by atoms with E-state index in [0.717, 1.165) is 47.1 Å². The van der Waals surface area contributed by atoms with E-state index in [2.05, 4.69) is 20.4 Å². The third-order valence-corrected chi connectivity index (χ3v) is 9.96. The Kier molecular flexibility index (Phi) is 15.3. The molecule has 0 atom stereocenters. The Morgan fingerprint density at radius 1 is 0.873 bits per heavy atom. The van der Waals surface area contributed by atoms with E-state index in [0.29, 0.717) is 69.0 Å². The number of carbonyl (C=O) groups is 4. The molecular weight excluding hydrogens is 723 g/mol. The molecular formula is C42H47N3O9S. The van der Waals surface area contributed by atoms with Crippen LogP contribution < -0.4 is 24.0 Å². The molecule has 1 fully saturated rings. The minimum absolute atomic E-state index is 0.276. The molecule has 12 nitrogen and oxygen atoms in total. The number of fused-ring (bicyclic) bond motifs is 1. The highest BCUT2D eigenvalue weighted by Crippen LogP contribution is 2.33. The second kappa shape index (κ2) is 20.8. The number of carbonyl (C=O) groups excluding carboxylic acids is 4. The first-order valence-corrected chi connectivity index (χ1v) is 19.4. The Bertz CT molecular complexity index is 1900. The largest absolute Gasteiger partial charge is 0.494 e. The predicted molar refractivity (Wildman–Crippen MR) is 211 cm³/mol. The van der Waals surface area contributed by atoms with E-state index in [-0.39, 0.29) is 29.3 Å². The Labute approximate surface area is 325 Å². The number of esters is 3. The molecule has 4 aromatic rings. The summed E-state index contributed by atoms with van der Waals surface area (Å²) in [4.78, 5) is 53.3. The maximum Gasteiger partial charge on any atom is 0.330 e. The molecule has 0 saturated heterocycles. The average molecular weight is 770 g/mol. The van der Waals surface area contributed by atoms with Crippen LogP contribution in [0.15, 0.2) is 84.5 Å². The van der Waals surface area contributed by atoms with Crippen LogP contribution in [0.3, 0.4) is 0 Å². The molecule has 0 amide bonds. The van der Waals surface area contributed by atoms with Crippen LogP contribution in [0.1, 0.15) is 70.8 Å². The molecule has 0 spiro atoms. The van der Waals surface area contributed by atoms with Gasteiger partial charge in [-0.1, -0.05) is 43.9 Å². The van der Waals surface area contributed by atoms with Crippen molar-refractivity contribution in [3.63, 3.8) is 0 Å². The molecule has 1 aromatic heterocycles. The number of ether oxygens (including phenoxy) is 5. The van der Waals surface area contributed by atoms with Crippen LogP contribution in [-0.2, 0) is 23.9 Å². The monoisotopic (exact) mass is 769 g/mol. The molecule has 3 aromatic carbocycles. The fraction of sp³-hybridized carbons (Fsp3) is 0.381. The standard InChI is InChI=1S/C42H47N3O9S/c1-4-39(47)51-24-10-6-5-9-23-50-33-17-19-34(20-18-33)53-40(48)30-13-15-31(16-14-30)41(49)54-37-22-21-35(52-28-46)25-32(37)26-43-45(27-29(2)3)42-44-36-11-7-8-12-38(36)55-42/h4,7-8,11-12,17-22,25-26,28-31H,1,5-6,9-10,13-16,23-24,27H2,2-3H3/b43-26+. The van der Waals surface area contributed by atoms with E-state index in [4.69, 9.17) is 33.8 Å². The number of hydrogen-bond donors (Lipinski definition) is 0. The van der Waals surface area contributed by atoms with Crippen molar-refractivity contribution in [2.24, 2.45) is 22.9 Å². The lowest BCUT2D eigenvalue weighted by atomic mass is 9.82. The zero-order valence-corrected chi connectivity index (χ0v) is 32.0. The third-order valence-electron chi connectivity index (χ3n) is 8.91. The highest BCUT2D eigenvalue weighted by Gasteiger charge is 2.32. The zero-order valence-electron chi connectivity index (χ0n) is 31.2. The molecule has 1 heterocycles. The van der Waals surface area contributed by atoms with Crippen molar-refractivity contribution in [3.05, 3.63) is 84.9 Å². The number of aromatic nitrogens is 1. The van der Waals surface area contributed by atoms with Crippen molar-refractivity contribution in [2.45, 2.75) is 65.2 Å². The van der Waals surface area contributed by atoms with E-state index in [1.165, 1.54) is 11.3 Å². The van der Waals surface area contributed by atoms with Crippen molar-refractivity contribution in [2.75, 3.05) is 24.8 Å². The number of unbranched alkanes of at least 4 members (excludes halogenated alkanes) is 3. The van der Waals surface area contributed by atoms with E-state index in [9.17, 15) is 19.2 Å². The summed E-state index contributed by atoms with van der Waals surface area (Å²) in [5.74, 6) is 0.0749. The number of para-hydroxylation sites is 1. The van der Waals surface area contributed by atoms with Crippen LogP contribution in [0, 0.1) is 17.8 Å². The molecule has 1 aliphatic carbocycles. The van der Waals surface area contributed by atoms with Gasteiger partial charge in [0, 0.05) is 18.2 Å². The van der Waals surface area contributed by atoms with Gasteiger partial charge in [-0.25, -0.2) is 14.8 Å². The van der Waals surface area contributed by atoms with Gasteiger partial charge in [0.15, 0.2) is 0 Å². The predicted octanol–water partition coefficient (Wildman–Crippen LogP) is 8.31. The second-order valence-electron chi connectivity index (χ2n) is 13.6. The maximum absolute atomic E-state index is 13.4. The summed E-state index contributed by atoms with van der Waals surface area (Å²) in [5, 5.41) is 7.28. The van der Waals surface area contributed by atoms with Crippen molar-refractivity contribution in [3.8, 4) is 23.0 Å². The van der Waals surface area contributed by atoms with Crippen LogP contribution in [0.2, 0.25) is 0 Å². The minimum atomic E-state index is -0.403. The van der Waals surface area contributed by atoms with E-state index >= 15 is 0 Å². The number of thiazole rings is 1. The molecule has 1 aliphatic rings. The van der Waals surface area contributed by atoms with Crippen LogP contribution in [0.4, 0.5) is 5.13 Å². The summed E-state index contributed by atoms with van der Waals surface area (Å²) in [6.07, 6.45) is 8.20. The van der Waals surface area contributed by atoms with Gasteiger partial charge in [0.1, 0.15) is 23.0 Å². The minimum Gasteiger partial charge on any atom is -0.494 e. The van der Waals surface area contributed by atoms with Crippen molar-refractivity contribution < 1.29 is 42.9 Å². The average Bonchev–Trinajstić information content (AvgIpc) is 3.63. The molecule has 0 aliphatic heterocycles. The fourth-order valence-electron chi connectivity index (χ4n) is 6.01. The van der Waals surface area contributed by atoms with Crippen molar-refractivity contribution in [1.29, 1.82) is 0 Å². The Morgan fingerprint density at radius 2 is 1.53 bits per heavy atom. The molecule has 55 heavy (non-hydrogen) atoms. The third kappa shape index (κ3) is 12.5. The SMILES string of the molecule is C=CC(=O)OCCCCCCOc1ccc(OC(=O)C2CCC(C(=O)Oc3ccc(OC=O)cc3/C=N/N(CC(C)C)c3nc4ccccc4s3)CC2)cc1. The lowest BCUT2D eigenvalue weighted by Gasteiger charge is -2.26. The van der Waals surface area contributed by atoms with Crippen LogP contribution >= 0.6 is 11.3 Å². The maximum atomic E-state index is 13.4. The smallest absolute Gasteiger partial charge is 0.330 e. The van der Waals surface area contributed by atoms with Crippen molar-refractivity contribution >= 4 is 57.3 Å². The number of hydrazone groups is 1.